The monoisotopic (exact) mass is 296 g/mol. The van der Waals surface area contributed by atoms with Gasteiger partial charge in [0.1, 0.15) is 5.82 Å². The summed E-state index contributed by atoms with van der Waals surface area (Å²) in [6, 6.07) is 6.46. The summed E-state index contributed by atoms with van der Waals surface area (Å²) in [5.74, 6) is -0.149. The van der Waals surface area contributed by atoms with Crippen LogP contribution in [0.5, 0.6) is 6.01 Å². The molecule has 0 N–H and O–H groups in total. The lowest BCUT2D eigenvalue weighted by Gasteiger charge is -2.18. The molecule has 5 nitrogen and oxygen atoms in total. The van der Waals surface area contributed by atoms with Crippen molar-refractivity contribution in [2.45, 2.75) is 13.3 Å². The lowest BCUT2D eigenvalue weighted by Crippen LogP contribution is -2.16. The second kappa shape index (κ2) is 6.47. The fourth-order valence-electron chi connectivity index (χ4n) is 1.56. The van der Waals surface area contributed by atoms with Gasteiger partial charge in [0.2, 0.25) is 11.2 Å². The average molecular weight is 297 g/mol. The van der Waals surface area contributed by atoms with Crippen molar-refractivity contribution in [1.82, 2.24) is 15.0 Å². The van der Waals surface area contributed by atoms with Crippen LogP contribution in [-0.4, -0.2) is 28.6 Å². The number of nitrogens with zero attached hydrogens (tertiary/aromatic N) is 4. The Balaban J connectivity index is 2.32. The lowest BCUT2D eigenvalue weighted by molar-refractivity contribution is 0.291. The molecule has 7 heteroatoms. The minimum absolute atomic E-state index is 0.00397. The molecule has 0 unspecified atom stereocenters. The highest BCUT2D eigenvalue weighted by atomic mass is 35.5. The van der Waals surface area contributed by atoms with E-state index < -0.39 is 0 Å². The van der Waals surface area contributed by atoms with E-state index in [0.29, 0.717) is 12.3 Å². The van der Waals surface area contributed by atoms with E-state index in [9.17, 15) is 4.39 Å². The largest absolute Gasteiger partial charge is 0.463 e. The van der Waals surface area contributed by atoms with Crippen LogP contribution in [0.1, 0.15) is 13.3 Å². The zero-order valence-corrected chi connectivity index (χ0v) is 11.9. The van der Waals surface area contributed by atoms with Crippen molar-refractivity contribution < 1.29 is 9.13 Å². The molecule has 106 valence electrons. The maximum Gasteiger partial charge on any atom is 0.322 e. The molecule has 0 aliphatic carbocycles. The molecule has 0 radical (unpaired) electrons. The van der Waals surface area contributed by atoms with Crippen LogP contribution >= 0.6 is 11.6 Å². The first-order chi connectivity index (χ1) is 9.61. The van der Waals surface area contributed by atoms with Crippen LogP contribution in [0.4, 0.5) is 16.0 Å². The van der Waals surface area contributed by atoms with Gasteiger partial charge in [0.05, 0.1) is 12.3 Å². The number of benzene rings is 1. The SMILES string of the molecule is CCCOc1nc(Cl)nc(N(C)c2ccccc2F)n1. The van der Waals surface area contributed by atoms with Gasteiger partial charge in [0.15, 0.2) is 0 Å². The summed E-state index contributed by atoms with van der Waals surface area (Å²) < 4.78 is 19.1. The molecule has 0 fully saturated rings. The van der Waals surface area contributed by atoms with Crippen LogP contribution in [0.3, 0.4) is 0 Å². The van der Waals surface area contributed by atoms with Gasteiger partial charge in [-0.15, -0.1) is 0 Å². The van der Waals surface area contributed by atoms with Crippen molar-refractivity contribution in [3.8, 4) is 6.01 Å². The molecule has 1 heterocycles. The van der Waals surface area contributed by atoms with Gasteiger partial charge in [-0.25, -0.2) is 4.39 Å². The molecule has 0 saturated heterocycles. The standard InChI is InChI=1S/C13H14ClFN4O/c1-3-8-20-13-17-11(14)16-12(18-13)19(2)10-7-5-4-6-9(10)15/h4-7H,3,8H2,1-2H3. The molecule has 0 amide bonds. The number of halogens is 2. The van der Waals surface area contributed by atoms with E-state index in [4.69, 9.17) is 16.3 Å². The first kappa shape index (κ1) is 14.5. The van der Waals surface area contributed by atoms with E-state index in [1.807, 2.05) is 6.92 Å². The second-order valence-corrected chi connectivity index (χ2v) is 4.38. The molecule has 0 aliphatic heterocycles. The Morgan fingerprint density at radius 3 is 2.70 bits per heavy atom. The van der Waals surface area contributed by atoms with Crippen LogP contribution in [-0.2, 0) is 0 Å². The number of ether oxygens (including phenoxy) is 1. The minimum Gasteiger partial charge on any atom is -0.463 e. The highest BCUT2D eigenvalue weighted by Crippen LogP contribution is 2.24. The zero-order chi connectivity index (χ0) is 14.5. The summed E-state index contributed by atoms with van der Waals surface area (Å²) in [4.78, 5) is 13.5. The summed E-state index contributed by atoms with van der Waals surface area (Å²) in [5.41, 5.74) is 0.344. The Hall–Kier alpha value is -1.95. The Morgan fingerprint density at radius 1 is 1.25 bits per heavy atom. The van der Waals surface area contributed by atoms with E-state index in [0.717, 1.165) is 6.42 Å². The Labute approximate surface area is 121 Å². The predicted octanol–water partition coefficient (Wildman–Crippen LogP) is 3.22. The Kier molecular flexibility index (Phi) is 4.68. The van der Waals surface area contributed by atoms with Gasteiger partial charge in [0.25, 0.3) is 0 Å². The fourth-order valence-corrected chi connectivity index (χ4v) is 1.71. The van der Waals surface area contributed by atoms with E-state index in [2.05, 4.69) is 15.0 Å². The summed E-state index contributed by atoms with van der Waals surface area (Å²) in [6.07, 6.45) is 0.821. The van der Waals surface area contributed by atoms with Crippen LogP contribution < -0.4 is 9.64 Å². The Bertz CT molecular complexity index is 596. The summed E-state index contributed by atoms with van der Waals surface area (Å²) >= 11 is 5.84. The van der Waals surface area contributed by atoms with E-state index in [1.165, 1.54) is 11.0 Å². The first-order valence-corrected chi connectivity index (χ1v) is 6.52. The first-order valence-electron chi connectivity index (χ1n) is 6.14. The van der Waals surface area contributed by atoms with E-state index >= 15 is 0 Å². The quantitative estimate of drug-likeness (QED) is 0.848. The molecule has 0 spiro atoms. The van der Waals surface area contributed by atoms with Gasteiger partial charge >= 0.3 is 6.01 Å². The summed E-state index contributed by atoms with van der Waals surface area (Å²) in [5, 5.41) is 0.00397. The molecule has 0 atom stereocenters. The van der Waals surface area contributed by atoms with Crippen LogP contribution in [0.2, 0.25) is 5.28 Å². The highest BCUT2D eigenvalue weighted by molar-refractivity contribution is 6.28. The van der Waals surface area contributed by atoms with Crippen molar-refractivity contribution in [1.29, 1.82) is 0 Å². The smallest absolute Gasteiger partial charge is 0.322 e. The second-order valence-electron chi connectivity index (χ2n) is 4.05. The third-order valence-corrected chi connectivity index (χ3v) is 2.69. The molecule has 1 aromatic heterocycles. The summed E-state index contributed by atoms with van der Waals surface area (Å²) in [6.45, 7) is 2.44. The van der Waals surface area contributed by atoms with Crippen molar-refractivity contribution in [3.05, 3.63) is 35.4 Å². The molecule has 2 rings (SSSR count). The third kappa shape index (κ3) is 3.33. The van der Waals surface area contributed by atoms with Gasteiger partial charge in [-0.05, 0) is 30.2 Å². The molecule has 0 saturated carbocycles. The fraction of sp³-hybridized carbons (Fsp3) is 0.308. The minimum atomic E-state index is -0.373. The number of anilines is 2. The number of hydrogen-bond acceptors (Lipinski definition) is 5. The van der Waals surface area contributed by atoms with Crippen LogP contribution in [0.15, 0.2) is 24.3 Å². The molecule has 1 aromatic carbocycles. The molecule has 0 bridgehead atoms. The number of aromatic nitrogens is 3. The van der Waals surface area contributed by atoms with Gasteiger partial charge in [-0.3, -0.25) is 0 Å². The molecule has 0 aliphatic rings. The van der Waals surface area contributed by atoms with Crippen LogP contribution in [0, 0.1) is 5.82 Å². The normalized spacial score (nSPS) is 10.4. The highest BCUT2D eigenvalue weighted by Gasteiger charge is 2.14. The number of rotatable bonds is 5. The lowest BCUT2D eigenvalue weighted by atomic mass is 10.3. The number of para-hydroxylation sites is 1. The molecular formula is C13H14ClFN4O. The van der Waals surface area contributed by atoms with Gasteiger partial charge in [0, 0.05) is 7.05 Å². The third-order valence-electron chi connectivity index (χ3n) is 2.52. The number of hydrogen-bond donors (Lipinski definition) is 0. The zero-order valence-electron chi connectivity index (χ0n) is 11.2. The predicted molar refractivity (Wildman–Crippen MR) is 75.1 cm³/mol. The van der Waals surface area contributed by atoms with Crippen molar-refractivity contribution in [2.75, 3.05) is 18.6 Å². The molecular weight excluding hydrogens is 283 g/mol. The van der Waals surface area contributed by atoms with Crippen molar-refractivity contribution >= 4 is 23.2 Å². The summed E-state index contributed by atoms with van der Waals surface area (Å²) in [7, 11) is 1.65. The van der Waals surface area contributed by atoms with Crippen molar-refractivity contribution in [3.63, 3.8) is 0 Å². The van der Waals surface area contributed by atoms with E-state index in [1.54, 1.807) is 25.2 Å². The Morgan fingerprint density at radius 2 is 2.00 bits per heavy atom. The maximum atomic E-state index is 13.8. The van der Waals surface area contributed by atoms with Gasteiger partial charge < -0.3 is 9.64 Å². The molecule has 20 heavy (non-hydrogen) atoms. The van der Waals surface area contributed by atoms with Gasteiger partial charge in [-0.1, -0.05) is 19.1 Å². The van der Waals surface area contributed by atoms with E-state index in [-0.39, 0.29) is 23.1 Å². The van der Waals surface area contributed by atoms with Crippen molar-refractivity contribution in [2.24, 2.45) is 0 Å². The maximum absolute atomic E-state index is 13.8. The molecule has 2 aromatic rings. The topological polar surface area (TPSA) is 51.1 Å². The van der Waals surface area contributed by atoms with Gasteiger partial charge in [-0.2, -0.15) is 15.0 Å². The van der Waals surface area contributed by atoms with Crippen LogP contribution in [0.25, 0.3) is 0 Å². The average Bonchev–Trinajstić information content (AvgIpc) is 2.44.